The summed E-state index contributed by atoms with van der Waals surface area (Å²) in [6.45, 7) is 3.07. The van der Waals surface area contributed by atoms with Crippen molar-refractivity contribution in [2.24, 2.45) is 5.92 Å². The molecule has 2 rings (SSSR count). The van der Waals surface area contributed by atoms with Crippen molar-refractivity contribution >= 4 is 15.9 Å². The molecule has 1 saturated heterocycles. The van der Waals surface area contributed by atoms with Gasteiger partial charge >= 0.3 is 0 Å². The molecule has 1 aliphatic heterocycles. The second kappa shape index (κ2) is 6.45. The lowest BCUT2D eigenvalue weighted by atomic mass is 9.95. The van der Waals surface area contributed by atoms with Crippen molar-refractivity contribution in [3.8, 4) is 0 Å². The number of piperidine rings is 1. The normalized spacial score (nSPS) is 21.6. The molecule has 0 amide bonds. The SMILES string of the molecule is Fc1cncc(CN2CCCC(CCBr)C2)c1. The molecule has 1 unspecified atom stereocenters. The largest absolute Gasteiger partial charge is 0.299 e. The molecule has 0 radical (unpaired) electrons. The van der Waals surface area contributed by atoms with E-state index in [2.05, 4.69) is 25.8 Å². The molecule has 4 heteroatoms. The molecule has 2 heterocycles. The van der Waals surface area contributed by atoms with Crippen LogP contribution < -0.4 is 0 Å². The highest BCUT2D eigenvalue weighted by Gasteiger charge is 2.19. The van der Waals surface area contributed by atoms with Crippen molar-refractivity contribution in [1.29, 1.82) is 0 Å². The van der Waals surface area contributed by atoms with Gasteiger partial charge in [0.1, 0.15) is 5.82 Å². The molecule has 0 N–H and O–H groups in total. The lowest BCUT2D eigenvalue weighted by Gasteiger charge is -2.32. The third kappa shape index (κ3) is 4.03. The molecule has 1 fully saturated rings. The van der Waals surface area contributed by atoms with Gasteiger partial charge in [-0.1, -0.05) is 15.9 Å². The topological polar surface area (TPSA) is 16.1 Å². The van der Waals surface area contributed by atoms with Gasteiger partial charge in [-0.2, -0.15) is 0 Å². The molecule has 2 nitrogen and oxygen atoms in total. The summed E-state index contributed by atoms with van der Waals surface area (Å²) in [5.74, 6) is 0.543. The van der Waals surface area contributed by atoms with E-state index in [0.29, 0.717) is 0 Å². The van der Waals surface area contributed by atoms with Gasteiger partial charge in [0.05, 0.1) is 6.20 Å². The molecule has 0 bridgehead atoms. The number of aromatic nitrogens is 1. The number of halogens is 2. The molecule has 1 aromatic rings. The van der Waals surface area contributed by atoms with Crippen LogP contribution >= 0.6 is 15.9 Å². The Morgan fingerprint density at radius 2 is 2.35 bits per heavy atom. The number of pyridine rings is 1. The van der Waals surface area contributed by atoms with E-state index < -0.39 is 0 Å². The Labute approximate surface area is 110 Å². The fourth-order valence-corrected chi connectivity index (χ4v) is 3.13. The Morgan fingerprint density at radius 3 is 3.12 bits per heavy atom. The average molecular weight is 301 g/mol. The molecule has 0 aromatic carbocycles. The smallest absolute Gasteiger partial charge is 0.141 e. The fraction of sp³-hybridized carbons (Fsp3) is 0.615. The molecule has 17 heavy (non-hydrogen) atoms. The minimum atomic E-state index is -0.239. The van der Waals surface area contributed by atoms with Gasteiger partial charge in [0.15, 0.2) is 0 Å². The van der Waals surface area contributed by atoms with Crippen molar-refractivity contribution in [3.05, 3.63) is 29.8 Å². The maximum atomic E-state index is 13.0. The van der Waals surface area contributed by atoms with Gasteiger partial charge in [0.25, 0.3) is 0 Å². The Hall–Kier alpha value is -0.480. The van der Waals surface area contributed by atoms with Crippen molar-refractivity contribution in [1.82, 2.24) is 9.88 Å². The first kappa shape index (κ1) is 13.0. The first-order valence-corrected chi connectivity index (χ1v) is 7.28. The van der Waals surface area contributed by atoms with Crippen LogP contribution in [0.15, 0.2) is 18.5 Å². The van der Waals surface area contributed by atoms with Crippen LogP contribution in [0.5, 0.6) is 0 Å². The number of nitrogens with zero attached hydrogens (tertiary/aromatic N) is 2. The van der Waals surface area contributed by atoms with Gasteiger partial charge in [-0.3, -0.25) is 9.88 Å². The number of rotatable bonds is 4. The molecule has 0 saturated carbocycles. The highest BCUT2D eigenvalue weighted by Crippen LogP contribution is 2.21. The summed E-state index contributed by atoms with van der Waals surface area (Å²) >= 11 is 3.50. The molecule has 1 aliphatic rings. The summed E-state index contributed by atoms with van der Waals surface area (Å²) in [4.78, 5) is 6.31. The standard InChI is InChI=1S/C13H18BrFN2/c14-4-3-11-2-1-5-17(9-11)10-12-6-13(15)8-16-7-12/h6-8,11H,1-5,9-10H2. The van der Waals surface area contributed by atoms with Crippen LogP contribution in [0.2, 0.25) is 0 Å². The highest BCUT2D eigenvalue weighted by atomic mass is 79.9. The van der Waals surface area contributed by atoms with Crippen LogP contribution in [0.1, 0.15) is 24.8 Å². The maximum Gasteiger partial charge on any atom is 0.141 e. The monoisotopic (exact) mass is 300 g/mol. The van der Waals surface area contributed by atoms with E-state index in [9.17, 15) is 4.39 Å². The third-order valence-electron chi connectivity index (χ3n) is 3.29. The minimum Gasteiger partial charge on any atom is -0.299 e. The van der Waals surface area contributed by atoms with Crippen LogP contribution in [-0.4, -0.2) is 28.3 Å². The van der Waals surface area contributed by atoms with Crippen LogP contribution in [0.25, 0.3) is 0 Å². The fourth-order valence-electron chi connectivity index (χ4n) is 2.49. The van der Waals surface area contributed by atoms with Crippen LogP contribution in [0.3, 0.4) is 0 Å². The highest BCUT2D eigenvalue weighted by molar-refractivity contribution is 9.09. The molecular formula is C13H18BrFN2. The minimum absolute atomic E-state index is 0.239. The summed E-state index contributed by atoms with van der Waals surface area (Å²) in [5, 5.41) is 1.08. The predicted octanol–water partition coefficient (Wildman–Crippen LogP) is 3.22. The zero-order chi connectivity index (χ0) is 12.1. The molecule has 1 atom stereocenters. The zero-order valence-corrected chi connectivity index (χ0v) is 11.5. The summed E-state index contributed by atoms with van der Waals surface area (Å²) < 4.78 is 13.0. The Bertz CT molecular complexity index is 357. The van der Waals surface area contributed by atoms with E-state index in [4.69, 9.17) is 0 Å². The van der Waals surface area contributed by atoms with E-state index >= 15 is 0 Å². The summed E-state index contributed by atoms with van der Waals surface area (Å²) in [6, 6.07) is 1.58. The predicted molar refractivity (Wildman–Crippen MR) is 70.6 cm³/mol. The summed E-state index contributed by atoms with van der Waals surface area (Å²) in [5.41, 5.74) is 0.976. The van der Waals surface area contributed by atoms with Gasteiger partial charge < -0.3 is 0 Å². The lowest BCUT2D eigenvalue weighted by Crippen LogP contribution is -2.35. The third-order valence-corrected chi connectivity index (χ3v) is 3.75. The molecule has 0 spiro atoms. The Kier molecular flexibility index (Phi) is 4.92. The quantitative estimate of drug-likeness (QED) is 0.794. The van der Waals surface area contributed by atoms with E-state index in [1.807, 2.05) is 0 Å². The number of hydrogen-bond acceptors (Lipinski definition) is 2. The van der Waals surface area contributed by atoms with Crippen molar-refractivity contribution in [2.75, 3.05) is 18.4 Å². The molecule has 0 aliphatic carbocycles. The zero-order valence-electron chi connectivity index (χ0n) is 9.91. The summed E-state index contributed by atoms with van der Waals surface area (Å²) in [7, 11) is 0. The average Bonchev–Trinajstić information content (AvgIpc) is 2.30. The van der Waals surface area contributed by atoms with Crippen LogP contribution in [0.4, 0.5) is 4.39 Å². The lowest BCUT2D eigenvalue weighted by molar-refractivity contribution is 0.165. The van der Waals surface area contributed by atoms with Crippen LogP contribution in [-0.2, 0) is 6.54 Å². The van der Waals surface area contributed by atoms with Crippen molar-refractivity contribution in [2.45, 2.75) is 25.8 Å². The maximum absolute atomic E-state index is 13.0. The van der Waals surface area contributed by atoms with E-state index in [1.54, 1.807) is 12.3 Å². The summed E-state index contributed by atoms with van der Waals surface area (Å²) in [6.07, 6.45) is 6.83. The molecular weight excluding hydrogens is 283 g/mol. The number of alkyl halides is 1. The Morgan fingerprint density at radius 1 is 1.47 bits per heavy atom. The van der Waals surface area contributed by atoms with Crippen LogP contribution in [0, 0.1) is 11.7 Å². The van der Waals surface area contributed by atoms with Gasteiger partial charge in [-0.15, -0.1) is 0 Å². The van der Waals surface area contributed by atoms with Gasteiger partial charge in [-0.25, -0.2) is 4.39 Å². The van der Waals surface area contributed by atoms with E-state index in [0.717, 1.165) is 36.4 Å². The van der Waals surface area contributed by atoms with E-state index in [-0.39, 0.29) is 5.82 Å². The van der Waals surface area contributed by atoms with Crippen molar-refractivity contribution in [3.63, 3.8) is 0 Å². The Balaban J connectivity index is 1.90. The second-order valence-electron chi connectivity index (χ2n) is 4.73. The molecule has 94 valence electrons. The number of hydrogen-bond donors (Lipinski definition) is 0. The first-order valence-electron chi connectivity index (χ1n) is 6.15. The van der Waals surface area contributed by atoms with E-state index in [1.165, 1.54) is 25.5 Å². The second-order valence-corrected chi connectivity index (χ2v) is 5.53. The van der Waals surface area contributed by atoms with Crippen molar-refractivity contribution < 1.29 is 4.39 Å². The first-order chi connectivity index (χ1) is 8.28. The van der Waals surface area contributed by atoms with Gasteiger partial charge in [0.2, 0.25) is 0 Å². The number of likely N-dealkylation sites (tertiary alicyclic amines) is 1. The molecule has 1 aromatic heterocycles. The van der Waals surface area contributed by atoms with Gasteiger partial charge in [-0.05, 0) is 43.4 Å². The van der Waals surface area contributed by atoms with Gasteiger partial charge in [0, 0.05) is 24.6 Å².